The summed E-state index contributed by atoms with van der Waals surface area (Å²) in [5.41, 5.74) is 2.68. The van der Waals surface area contributed by atoms with Crippen LogP contribution < -0.4 is 5.32 Å². The minimum absolute atomic E-state index is 0.0356. The quantitative estimate of drug-likeness (QED) is 0.839. The molecule has 0 aliphatic carbocycles. The lowest BCUT2D eigenvalue weighted by Gasteiger charge is -2.27. The zero-order valence-electron chi connectivity index (χ0n) is 8.61. The molecule has 0 bridgehead atoms. The molecule has 0 radical (unpaired) electrons. The van der Waals surface area contributed by atoms with E-state index in [0.29, 0.717) is 0 Å². The molecule has 0 amide bonds. The normalized spacial score (nSPS) is 11.8. The molecule has 1 N–H and O–H groups in total. The molecule has 0 saturated carbocycles. The Morgan fingerprint density at radius 3 is 2.46 bits per heavy atom. The minimum atomic E-state index is 0.0356. The summed E-state index contributed by atoms with van der Waals surface area (Å²) in [6.45, 7) is 6.50. The zero-order chi connectivity index (χ0) is 10.1. The molecule has 0 aromatic heterocycles. The van der Waals surface area contributed by atoms with Crippen molar-refractivity contribution in [3.8, 4) is 0 Å². The monoisotopic (exact) mass is 241 g/mol. The molecule has 0 spiro atoms. The van der Waals surface area contributed by atoms with Crippen molar-refractivity contribution >= 4 is 15.9 Å². The van der Waals surface area contributed by atoms with E-state index < -0.39 is 0 Å². The lowest BCUT2D eigenvalue weighted by molar-refractivity contribution is 0.442. The Labute approximate surface area is 88.7 Å². The van der Waals surface area contributed by atoms with Crippen molar-refractivity contribution in [2.24, 2.45) is 0 Å². The number of benzene rings is 1. The first-order valence-electron chi connectivity index (χ1n) is 4.43. The van der Waals surface area contributed by atoms with Gasteiger partial charge in [0.25, 0.3) is 0 Å². The summed E-state index contributed by atoms with van der Waals surface area (Å²) in [6.07, 6.45) is 0. The predicted molar refractivity (Wildman–Crippen MR) is 61.0 cm³/mol. The van der Waals surface area contributed by atoms with Gasteiger partial charge in [0, 0.05) is 10.0 Å². The first-order valence-corrected chi connectivity index (χ1v) is 5.23. The second kappa shape index (κ2) is 3.81. The average molecular weight is 242 g/mol. The largest absolute Gasteiger partial charge is 0.311 e. The maximum atomic E-state index is 3.54. The molecule has 1 rings (SSSR count). The van der Waals surface area contributed by atoms with E-state index in [1.54, 1.807) is 0 Å². The van der Waals surface area contributed by atoms with Crippen LogP contribution in [0.15, 0.2) is 22.7 Å². The van der Waals surface area contributed by atoms with Crippen LogP contribution in [0.5, 0.6) is 0 Å². The van der Waals surface area contributed by atoms with Crippen LogP contribution in [0.4, 0.5) is 0 Å². The highest BCUT2D eigenvalue weighted by atomic mass is 79.9. The van der Waals surface area contributed by atoms with Crippen molar-refractivity contribution in [2.45, 2.75) is 26.3 Å². The fourth-order valence-electron chi connectivity index (χ4n) is 1.42. The molecule has 0 saturated heterocycles. The van der Waals surface area contributed by atoms with Gasteiger partial charge in [0.05, 0.1) is 0 Å². The fourth-order valence-corrected chi connectivity index (χ4v) is 1.79. The van der Waals surface area contributed by atoms with Gasteiger partial charge in [-0.3, -0.25) is 0 Å². The summed E-state index contributed by atoms with van der Waals surface area (Å²) in [4.78, 5) is 0. The van der Waals surface area contributed by atoms with Crippen LogP contribution in [0.1, 0.15) is 25.0 Å². The first kappa shape index (κ1) is 10.7. The zero-order valence-corrected chi connectivity index (χ0v) is 10.2. The van der Waals surface area contributed by atoms with Crippen molar-refractivity contribution in [1.29, 1.82) is 0 Å². The van der Waals surface area contributed by atoms with E-state index in [-0.39, 0.29) is 5.54 Å². The summed E-state index contributed by atoms with van der Waals surface area (Å²) in [5.74, 6) is 0. The Bertz CT molecular complexity index is 305. The highest BCUT2D eigenvalue weighted by Gasteiger charge is 2.20. The van der Waals surface area contributed by atoms with Gasteiger partial charge >= 0.3 is 0 Å². The van der Waals surface area contributed by atoms with Gasteiger partial charge in [0.2, 0.25) is 0 Å². The molecule has 1 aromatic carbocycles. The summed E-state index contributed by atoms with van der Waals surface area (Å²) < 4.78 is 1.17. The molecule has 13 heavy (non-hydrogen) atoms. The molecule has 1 nitrogen and oxygen atoms in total. The number of rotatable bonds is 2. The molecular formula is C11H16BrN. The molecule has 1 aromatic rings. The maximum Gasteiger partial charge on any atom is 0.0378 e. The fraction of sp³-hybridized carbons (Fsp3) is 0.455. The molecular weight excluding hydrogens is 226 g/mol. The van der Waals surface area contributed by atoms with Gasteiger partial charge in [0.15, 0.2) is 0 Å². The van der Waals surface area contributed by atoms with Crippen molar-refractivity contribution in [3.63, 3.8) is 0 Å². The van der Waals surface area contributed by atoms with E-state index >= 15 is 0 Å². The van der Waals surface area contributed by atoms with Crippen molar-refractivity contribution < 1.29 is 0 Å². The molecule has 72 valence electrons. The van der Waals surface area contributed by atoms with Crippen LogP contribution in [0.3, 0.4) is 0 Å². The van der Waals surface area contributed by atoms with Crippen LogP contribution in [0, 0.1) is 6.92 Å². The summed E-state index contributed by atoms with van der Waals surface area (Å²) >= 11 is 3.54. The topological polar surface area (TPSA) is 12.0 Å². The number of hydrogen-bond acceptors (Lipinski definition) is 1. The van der Waals surface area contributed by atoms with Gasteiger partial charge in [-0.25, -0.2) is 0 Å². The standard InChI is InChI=1S/C11H16BrN/c1-8-9(11(2,3)13-4)6-5-7-10(8)12/h5-7,13H,1-4H3. The molecule has 0 aliphatic rings. The smallest absolute Gasteiger partial charge is 0.0378 e. The minimum Gasteiger partial charge on any atom is -0.311 e. The van der Waals surface area contributed by atoms with Gasteiger partial charge in [-0.1, -0.05) is 28.1 Å². The molecule has 2 heteroatoms. The van der Waals surface area contributed by atoms with E-state index in [1.807, 2.05) is 7.05 Å². The summed E-state index contributed by atoms with van der Waals surface area (Å²) in [6, 6.07) is 6.31. The van der Waals surface area contributed by atoms with Crippen molar-refractivity contribution in [1.82, 2.24) is 5.32 Å². The van der Waals surface area contributed by atoms with Gasteiger partial charge in [-0.2, -0.15) is 0 Å². The lowest BCUT2D eigenvalue weighted by Crippen LogP contribution is -2.33. The highest BCUT2D eigenvalue weighted by Crippen LogP contribution is 2.27. The predicted octanol–water partition coefficient (Wildman–Crippen LogP) is 3.21. The summed E-state index contributed by atoms with van der Waals surface area (Å²) in [5, 5.41) is 3.30. The van der Waals surface area contributed by atoms with Crippen LogP contribution >= 0.6 is 15.9 Å². The van der Waals surface area contributed by atoms with Gasteiger partial charge in [0.1, 0.15) is 0 Å². The van der Waals surface area contributed by atoms with Gasteiger partial charge < -0.3 is 5.32 Å². The third-order valence-electron chi connectivity index (χ3n) is 2.57. The second-order valence-electron chi connectivity index (χ2n) is 3.79. The Balaban J connectivity index is 3.22. The number of halogens is 1. The molecule has 0 fully saturated rings. The second-order valence-corrected chi connectivity index (χ2v) is 4.64. The van der Waals surface area contributed by atoms with Crippen LogP contribution in [0.25, 0.3) is 0 Å². The molecule has 0 unspecified atom stereocenters. The van der Waals surface area contributed by atoms with Crippen LogP contribution in [-0.4, -0.2) is 7.05 Å². The van der Waals surface area contributed by atoms with Crippen LogP contribution in [0.2, 0.25) is 0 Å². The Hall–Kier alpha value is -0.340. The number of hydrogen-bond donors (Lipinski definition) is 1. The Morgan fingerprint density at radius 2 is 1.92 bits per heavy atom. The first-order chi connectivity index (χ1) is 5.99. The maximum absolute atomic E-state index is 3.54. The van der Waals surface area contributed by atoms with E-state index in [0.717, 1.165) is 0 Å². The van der Waals surface area contributed by atoms with Crippen molar-refractivity contribution in [2.75, 3.05) is 7.05 Å². The summed E-state index contributed by atoms with van der Waals surface area (Å²) in [7, 11) is 1.99. The highest BCUT2D eigenvalue weighted by molar-refractivity contribution is 9.10. The SMILES string of the molecule is CNC(C)(C)c1cccc(Br)c1C. The van der Waals surface area contributed by atoms with E-state index in [1.165, 1.54) is 15.6 Å². The van der Waals surface area contributed by atoms with Crippen LogP contribution in [-0.2, 0) is 5.54 Å². The molecule has 0 atom stereocenters. The van der Waals surface area contributed by atoms with E-state index in [4.69, 9.17) is 0 Å². The third-order valence-corrected chi connectivity index (χ3v) is 3.43. The number of nitrogens with one attached hydrogen (secondary N) is 1. The molecule has 0 heterocycles. The molecule has 0 aliphatic heterocycles. The Kier molecular flexibility index (Phi) is 3.14. The van der Waals surface area contributed by atoms with Gasteiger partial charge in [-0.05, 0) is 45.0 Å². The lowest BCUT2D eigenvalue weighted by atomic mass is 9.91. The van der Waals surface area contributed by atoms with Crippen molar-refractivity contribution in [3.05, 3.63) is 33.8 Å². The van der Waals surface area contributed by atoms with E-state index in [9.17, 15) is 0 Å². The van der Waals surface area contributed by atoms with E-state index in [2.05, 4.69) is 60.2 Å². The third kappa shape index (κ3) is 2.12. The Morgan fingerprint density at radius 1 is 1.31 bits per heavy atom. The average Bonchev–Trinajstić information content (AvgIpc) is 2.09. The van der Waals surface area contributed by atoms with Gasteiger partial charge in [-0.15, -0.1) is 0 Å².